The van der Waals surface area contributed by atoms with Crippen LogP contribution in [0.4, 0.5) is 17.1 Å². The molecule has 35 heavy (non-hydrogen) atoms. The van der Waals surface area contributed by atoms with Gasteiger partial charge in [0, 0.05) is 21.5 Å². The molecular formula is C33H28BrN. The molecule has 0 heterocycles. The molecule has 1 unspecified atom stereocenters. The molecule has 0 N–H and O–H groups in total. The van der Waals surface area contributed by atoms with Crippen LogP contribution in [0.1, 0.15) is 31.4 Å². The number of anilines is 3. The normalized spacial score (nSPS) is 17.5. The van der Waals surface area contributed by atoms with E-state index in [2.05, 4.69) is 150 Å². The van der Waals surface area contributed by atoms with Crippen molar-refractivity contribution in [3.05, 3.63) is 131 Å². The fourth-order valence-corrected chi connectivity index (χ4v) is 5.97. The maximum absolute atomic E-state index is 3.60. The molecule has 0 aliphatic heterocycles. The number of hydrogen-bond donors (Lipinski definition) is 0. The summed E-state index contributed by atoms with van der Waals surface area (Å²) in [7, 11) is 0. The van der Waals surface area contributed by atoms with Crippen LogP contribution in [0.2, 0.25) is 0 Å². The van der Waals surface area contributed by atoms with Gasteiger partial charge < -0.3 is 4.90 Å². The summed E-state index contributed by atoms with van der Waals surface area (Å²) in [4.78, 5) is 2.37. The lowest BCUT2D eigenvalue weighted by molar-refractivity contribution is 0.415. The third-order valence-corrected chi connectivity index (χ3v) is 8.14. The van der Waals surface area contributed by atoms with E-state index < -0.39 is 0 Å². The summed E-state index contributed by atoms with van der Waals surface area (Å²) in [6, 6.07) is 35.1. The van der Waals surface area contributed by atoms with Gasteiger partial charge in [-0.25, -0.2) is 0 Å². The number of fused-ring (bicyclic) bond motifs is 3. The Bertz CT molecular complexity index is 1430. The third kappa shape index (κ3) is 3.86. The maximum Gasteiger partial charge on any atom is 0.0464 e. The SMILES string of the molecule is CC1(C)c2cc(N(c3ccc(Br)cc3)c3ccc(-c4ccccc4)cc3)ccc2C2=CC=CCC21. The van der Waals surface area contributed by atoms with Crippen LogP contribution >= 0.6 is 15.9 Å². The lowest BCUT2D eigenvalue weighted by Crippen LogP contribution is -2.24. The van der Waals surface area contributed by atoms with Crippen LogP contribution in [0.25, 0.3) is 16.7 Å². The van der Waals surface area contributed by atoms with Crippen molar-refractivity contribution >= 4 is 38.6 Å². The van der Waals surface area contributed by atoms with Gasteiger partial charge in [-0.15, -0.1) is 0 Å². The first-order valence-electron chi connectivity index (χ1n) is 12.3. The van der Waals surface area contributed by atoms with Gasteiger partial charge in [-0.05, 0) is 94.1 Å². The molecule has 1 nitrogen and oxygen atoms in total. The van der Waals surface area contributed by atoms with Gasteiger partial charge in [0.1, 0.15) is 0 Å². The number of nitrogens with zero attached hydrogens (tertiary/aromatic N) is 1. The Morgan fingerprint density at radius 1 is 0.743 bits per heavy atom. The predicted molar refractivity (Wildman–Crippen MR) is 153 cm³/mol. The fourth-order valence-electron chi connectivity index (χ4n) is 5.71. The zero-order valence-corrected chi connectivity index (χ0v) is 21.7. The minimum absolute atomic E-state index is 0.102. The van der Waals surface area contributed by atoms with Gasteiger partial charge in [0.25, 0.3) is 0 Å². The summed E-state index contributed by atoms with van der Waals surface area (Å²) in [5.41, 5.74) is 10.4. The highest BCUT2D eigenvalue weighted by atomic mass is 79.9. The highest BCUT2D eigenvalue weighted by molar-refractivity contribution is 9.10. The van der Waals surface area contributed by atoms with Crippen molar-refractivity contribution < 1.29 is 0 Å². The van der Waals surface area contributed by atoms with Gasteiger partial charge in [0.15, 0.2) is 0 Å². The lowest BCUT2D eigenvalue weighted by atomic mass is 9.75. The topological polar surface area (TPSA) is 3.24 Å². The summed E-state index contributed by atoms with van der Waals surface area (Å²) in [6.45, 7) is 4.80. The predicted octanol–water partition coefficient (Wildman–Crippen LogP) is 9.84. The molecular weight excluding hydrogens is 490 g/mol. The zero-order chi connectivity index (χ0) is 24.0. The van der Waals surface area contributed by atoms with Crippen molar-refractivity contribution in [1.29, 1.82) is 0 Å². The minimum atomic E-state index is 0.102. The van der Waals surface area contributed by atoms with Crippen LogP contribution in [0.5, 0.6) is 0 Å². The Hall–Kier alpha value is -3.36. The quantitative estimate of drug-likeness (QED) is 0.260. The summed E-state index contributed by atoms with van der Waals surface area (Å²) < 4.78 is 1.08. The molecule has 0 bridgehead atoms. The second kappa shape index (κ2) is 8.70. The Morgan fingerprint density at radius 3 is 2.09 bits per heavy atom. The molecule has 2 heteroatoms. The molecule has 4 aromatic carbocycles. The summed E-state index contributed by atoms with van der Waals surface area (Å²) >= 11 is 3.60. The van der Waals surface area contributed by atoms with Gasteiger partial charge in [-0.1, -0.05) is 96.5 Å². The molecule has 0 aromatic heterocycles. The fraction of sp³-hybridized carbons (Fsp3) is 0.152. The highest BCUT2D eigenvalue weighted by Gasteiger charge is 2.42. The average molecular weight is 518 g/mol. The Balaban J connectivity index is 1.46. The molecule has 1 atom stereocenters. The van der Waals surface area contributed by atoms with Crippen LogP contribution in [0.3, 0.4) is 0 Å². The number of rotatable bonds is 4. The van der Waals surface area contributed by atoms with Crippen molar-refractivity contribution in [2.24, 2.45) is 5.92 Å². The van der Waals surface area contributed by atoms with Gasteiger partial charge in [0.05, 0.1) is 0 Å². The van der Waals surface area contributed by atoms with E-state index in [0.29, 0.717) is 5.92 Å². The molecule has 0 fully saturated rings. The standard InChI is InChI=1S/C33H28BrN/c1-33(2)31-11-7-6-10-29(31)30-21-20-28(22-32(30)33)35(27-18-14-25(34)15-19-27)26-16-12-24(13-17-26)23-8-4-3-5-9-23/h3-10,12-22,31H,11H2,1-2H3. The number of halogens is 1. The maximum atomic E-state index is 3.60. The minimum Gasteiger partial charge on any atom is -0.310 e. The van der Waals surface area contributed by atoms with E-state index in [1.54, 1.807) is 0 Å². The van der Waals surface area contributed by atoms with E-state index in [9.17, 15) is 0 Å². The average Bonchev–Trinajstić information content (AvgIpc) is 3.13. The summed E-state index contributed by atoms with van der Waals surface area (Å²) in [5.74, 6) is 0.545. The Kier molecular flexibility index (Phi) is 5.50. The van der Waals surface area contributed by atoms with Crippen LogP contribution in [-0.2, 0) is 5.41 Å². The van der Waals surface area contributed by atoms with Crippen LogP contribution < -0.4 is 4.90 Å². The highest BCUT2D eigenvalue weighted by Crippen LogP contribution is 2.54. The van der Waals surface area contributed by atoms with E-state index in [4.69, 9.17) is 0 Å². The largest absolute Gasteiger partial charge is 0.310 e. The molecule has 2 aliphatic carbocycles. The van der Waals surface area contributed by atoms with E-state index in [-0.39, 0.29) is 5.41 Å². The van der Waals surface area contributed by atoms with Gasteiger partial charge in [-0.2, -0.15) is 0 Å². The summed E-state index contributed by atoms with van der Waals surface area (Å²) in [5, 5.41) is 0. The first-order valence-corrected chi connectivity index (χ1v) is 13.0. The molecule has 0 amide bonds. The first kappa shape index (κ1) is 22.1. The van der Waals surface area contributed by atoms with Gasteiger partial charge >= 0.3 is 0 Å². The molecule has 0 saturated carbocycles. The molecule has 0 saturated heterocycles. The van der Waals surface area contributed by atoms with Crippen molar-refractivity contribution in [2.75, 3.05) is 4.90 Å². The summed E-state index contributed by atoms with van der Waals surface area (Å²) in [6.07, 6.45) is 7.95. The van der Waals surface area contributed by atoms with Gasteiger partial charge in [0.2, 0.25) is 0 Å². The zero-order valence-electron chi connectivity index (χ0n) is 20.1. The van der Waals surface area contributed by atoms with Crippen molar-refractivity contribution in [1.82, 2.24) is 0 Å². The molecule has 6 rings (SSSR count). The van der Waals surface area contributed by atoms with Gasteiger partial charge in [-0.3, -0.25) is 0 Å². The van der Waals surface area contributed by atoms with Crippen molar-refractivity contribution in [3.63, 3.8) is 0 Å². The first-order chi connectivity index (χ1) is 17.0. The third-order valence-electron chi connectivity index (χ3n) is 7.61. The van der Waals surface area contributed by atoms with E-state index >= 15 is 0 Å². The van der Waals surface area contributed by atoms with Crippen LogP contribution in [0, 0.1) is 5.92 Å². The molecule has 0 spiro atoms. The monoisotopic (exact) mass is 517 g/mol. The second-order valence-electron chi connectivity index (χ2n) is 10.0. The molecule has 0 radical (unpaired) electrons. The number of hydrogen-bond acceptors (Lipinski definition) is 1. The number of benzene rings is 4. The smallest absolute Gasteiger partial charge is 0.0464 e. The second-order valence-corrected chi connectivity index (χ2v) is 10.9. The molecule has 4 aromatic rings. The van der Waals surface area contributed by atoms with E-state index in [0.717, 1.165) is 22.3 Å². The van der Waals surface area contributed by atoms with E-state index in [1.807, 2.05) is 0 Å². The Labute approximate surface area is 216 Å². The van der Waals surface area contributed by atoms with E-state index in [1.165, 1.54) is 33.5 Å². The van der Waals surface area contributed by atoms with Crippen molar-refractivity contribution in [3.8, 4) is 11.1 Å². The number of allylic oxidation sites excluding steroid dienone is 4. The Morgan fingerprint density at radius 2 is 1.37 bits per heavy atom. The van der Waals surface area contributed by atoms with Crippen LogP contribution in [-0.4, -0.2) is 0 Å². The lowest BCUT2D eigenvalue weighted by Gasteiger charge is -2.30. The molecule has 2 aliphatic rings. The molecule has 172 valence electrons. The van der Waals surface area contributed by atoms with Crippen molar-refractivity contribution in [2.45, 2.75) is 25.7 Å². The van der Waals surface area contributed by atoms with Crippen LogP contribution in [0.15, 0.2) is 120 Å².